The van der Waals surface area contributed by atoms with E-state index in [9.17, 15) is 28.6 Å². The molecule has 1 N–H and O–H groups in total. The van der Waals surface area contributed by atoms with Crippen LogP contribution in [0.1, 0.15) is 66.2 Å². The summed E-state index contributed by atoms with van der Waals surface area (Å²) in [7, 11) is -4.52. The Kier molecular flexibility index (Phi) is 20.0. The highest BCUT2D eigenvalue weighted by atomic mass is 31.2. The molecule has 0 aliphatic carbocycles. The van der Waals surface area contributed by atoms with Crippen LogP contribution in [0.2, 0.25) is 0 Å². The van der Waals surface area contributed by atoms with E-state index in [-0.39, 0.29) is 70.1 Å². The Bertz CT molecular complexity index is 725. The van der Waals surface area contributed by atoms with Gasteiger partial charge in [-0.1, -0.05) is 20.0 Å². The van der Waals surface area contributed by atoms with Crippen molar-refractivity contribution in [2.24, 2.45) is 0 Å². The van der Waals surface area contributed by atoms with Gasteiger partial charge in [-0.2, -0.15) is 0 Å². The number of phosphoric ester groups is 1. The van der Waals surface area contributed by atoms with Gasteiger partial charge in [0.15, 0.2) is 5.78 Å². The predicted octanol–water partition coefficient (Wildman–Crippen LogP) is 2.67. The van der Waals surface area contributed by atoms with Crippen molar-refractivity contribution in [3.05, 3.63) is 6.10 Å². The average Bonchev–Trinajstić information content (AvgIpc) is 2.85. The van der Waals surface area contributed by atoms with E-state index >= 15 is 0 Å². The van der Waals surface area contributed by atoms with Gasteiger partial charge in [0.2, 0.25) is 0 Å². The smallest absolute Gasteiger partial charge is 0.469 e. The molecule has 0 aromatic heterocycles. The Morgan fingerprint density at radius 2 is 1.49 bits per heavy atom. The molecule has 0 fully saturated rings. The Hall–Kier alpha value is -1.89. The van der Waals surface area contributed by atoms with E-state index in [1.165, 1.54) is 0 Å². The molecule has 0 aromatic carbocycles. The molecule has 1 atom stereocenters. The molecule has 0 aliphatic heterocycles. The highest BCUT2D eigenvalue weighted by Gasteiger charge is 2.21. The fourth-order valence-corrected chi connectivity index (χ4v) is 3.02. The molecule has 0 aliphatic rings. The lowest BCUT2D eigenvalue weighted by molar-refractivity contribution is -0.152. The first-order valence-corrected chi connectivity index (χ1v) is 13.7. The molecule has 0 bridgehead atoms. The maximum absolute atomic E-state index is 12.0. The second-order valence-electron chi connectivity index (χ2n) is 7.89. The van der Waals surface area contributed by atoms with Crippen molar-refractivity contribution in [1.29, 1.82) is 0 Å². The third kappa shape index (κ3) is 21.9. The van der Waals surface area contributed by atoms with Crippen LogP contribution in [-0.2, 0) is 56.5 Å². The molecule has 0 radical (unpaired) electrons. The van der Waals surface area contributed by atoms with E-state index in [0.717, 1.165) is 0 Å². The second-order valence-corrected chi connectivity index (χ2v) is 9.35. The van der Waals surface area contributed by atoms with Gasteiger partial charge in [-0.3, -0.25) is 23.7 Å². The summed E-state index contributed by atoms with van der Waals surface area (Å²) < 4.78 is 46.9. The highest BCUT2D eigenvalue weighted by molar-refractivity contribution is 7.47. The van der Waals surface area contributed by atoms with Crippen LogP contribution in [0.25, 0.3) is 0 Å². The molecule has 0 saturated carbocycles. The summed E-state index contributed by atoms with van der Waals surface area (Å²) in [5.74, 6) is -1.72. The van der Waals surface area contributed by atoms with Gasteiger partial charge in [-0.15, -0.1) is 0 Å². The summed E-state index contributed by atoms with van der Waals surface area (Å²) in [4.78, 5) is 55.8. The number of hydrogen-bond donors (Lipinski definition) is 1. The van der Waals surface area contributed by atoms with Crippen molar-refractivity contribution in [1.82, 2.24) is 0 Å². The lowest BCUT2D eigenvalue weighted by Gasteiger charge is -2.30. The molecule has 1 unspecified atom stereocenters. The maximum Gasteiger partial charge on any atom is 0.469 e. The standard InChI is InChI=1S/C23H40O13P/c1-5-21(25)33-16-20(36-22(26)6-2)17-35-37(28,29)34-12-8-10-23(27)31-14-13-30-11-7-9-19(24)15-32-18(3)4/h18H,5-17H2,1-4H3,(H,28,29)/q-1. The topological polar surface area (TPSA) is 170 Å². The first-order valence-electron chi connectivity index (χ1n) is 12.2. The van der Waals surface area contributed by atoms with Crippen LogP contribution in [0.15, 0.2) is 0 Å². The first kappa shape index (κ1) is 35.1. The van der Waals surface area contributed by atoms with Gasteiger partial charge in [-0.05, 0) is 33.3 Å². The number of rotatable bonds is 23. The van der Waals surface area contributed by atoms with Crippen molar-refractivity contribution in [2.75, 3.05) is 46.2 Å². The first-order chi connectivity index (χ1) is 17.5. The number of Topliss-reactive ketones (excluding diaryl/α,β-unsaturated/α-hetero) is 1. The zero-order valence-electron chi connectivity index (χ0n) is 22.1. The van der Waals surface area contributed by atoms with Crippen LogP contribution in [0.4, 0.5) is 0 Å². The van der Waals surface area contributed by atoms with Crippen molar-refractivity contribution in [3.63, 3.8) is 0 Å². The van der Waals surface area contributed by atoms with Crippen LogP contribution in [0, 0.1) is 6.10 Å². The van der Waals surface area contributed by atoms with Crippen LogP contribution in [-0.4, -0.2) is 80.9 Å². The molecular formula is C23H40O13P-. The Balaban J connectivity index is 3.99. The van der Waals surface area contributed by atoms with Gasteiger partial charge >= 0.3 is 19.8 Å². The third-order valence-electron chi connectivity index (χ3n) is 4.21. The molecule has 216 valence electrons. The van der Waals surface area contributed by atoms with Crippen molar-refractivity contribution in [2.45, 2.75) is 72.3 Å². The Labute approximate surface area is 218 Å². The number of carbonyl (C=O) groups is 4. The minimum Gasteiger partial charge on any atom is -0.629 e. The predicted molar refractivity (Wildman–Crippen MR) is 129 cm³/mol. The summed E-state index contributed by atoms with van der Waals surface area (Å²) in [6.45, 7) is 6.17. The van der Waals surface area contributed by atoms with Gasteiger partial charge in [0.25, 0.3) is 5.97 Å². The van der Waals surface area contributed by atoms with E-state index in [1.807, 2.05) is 13.8 Å². The summed E-state index contributed by atoms with van der Waals surface area (Å²) in [5.41, 5.74) is 0. The SMILES string of the molecule is CCC(=O)OC[C-](COP(=O)(O)OCCCC(=O)OCCOCCCC(=O)COC(C)C)OC(=O)CC. The van der Waals surface area contributed by atoms with E-state index in [2.05, 4.69) is 0 Å². The van der Waals surface area contributed by atoms with E-state index in [1.54, 1.807) is 13.8 Å². The largest absolute Gasteiger partial charge is 0.629 e. The number of phosphoric acid groups is 1. The molecule has 0 rings (SSSR count). The quantitative estimate of drug-likeness (QED) is 0.0642. The second kappa shape index (κ2) is 21.1. The van der Waals surface area contributed by atoms with Crippen LogP contribution in [0.3, 0.4) is 0 Å². The van der Waals surface area contributed by atoms with E-state index in [0.29, 0.717) is 19.4 Å². The summed E-state index contributed by atoms with van der Waals surface area (Å²) in [6, 6.07) is 0. The maximum atomic E-state index is 12.0. The normalized spacial score (nSPS) is 12.8. The number of ketones is 1. The zero-order valence-corrected chi connectivity index (χ0v) is 23.0. The van der Waals surface area contributed by atoms with Gasteiger partial charge in [0.1, 0.15) is 13.2 Å². The Morgan fingerprint density at radius 1 is 0.811 bits per heavy atom. The Morgan fingerprint density at radius 3 is 2.14 bits per heavy atom. The molecule has 0 spiro atoms. The summed E-state index contributed by atoms with van der Waals surface area (Å²) >= 11 is 0. The molecule has 0 heterocycles. The van der Waals surface area contributed by atoms with Gasteiger partial charge < -0.3 is 33.1 Å². The summed E-state index contributed by atoms with van der Waals surface area (Å²) in [6.07, 6.45) is 0.888. The fourth-order valence-electron chi connectivity index (χ4n) is 2.28. The van der Waals surface area contributed by atoms with Gasteiger partial charge in [0.05, 0.1) is 19.3 Å². The van der Waals surface area contributed by atoms with Crippen LogP contribution < -0.4 is 0 Å². The molecular weight excluding hydrogens is 515 g/mol. The lowest BCUT2D eigenvalue weighted by atomic mass is 10.2. The lowest BCUT2D eigenvalue weighted by Crippen LogP contribution is -2.22. The highest BCUT2D eigenvalue weighted by Crippen LogP contribution is 2.44. The monoisotopic (exact) mass is 555 g/mol. The van der Waals surface area contributed by atoms with Gasteiger partial charge in [-0.25, -0.2) is 4.57 Å². The third-order valence-corrected chi connectivity index (χ3v) is 5.17. The minimum atomic E-state index is -4.52. The molecule has 0 amide bonds. The zero-order chi connectivity index (χ0) is 28.1. The minimum absolute atomic E-state index is 0.000230. The average molecular weight is 556 g/mol. The number of esters is 3. The number of hydrogen-bond acceptors (Lipinski definition) is 12. The van der Waals surface area contributed by atoms with Crippen LogP contribution >= 0.6 is 7.82 Å². The molecule has 0 aromatic rings. The molecule has 14 heteroatoms. The molecule has 37 heavy (non-hydrogen) atoms. The number of carbonyl (C=O) groups excluding carboxylic acids is 4. The van der Waals surface area contributed by atoms with Crippen molar-refractivity contribution >= 4 is 31.5 Å². The van der Waals surface area contributed by atoms with E-state index < -0.39 is 38.9 Å². The van der Waals surface area contributed by atoms with E-state index in [4.69, 9.17) is 32.7 Å². The van der Waals surface area contributed by atoms with Crippen molar-refractivity contribution < 1.29 is 61.4 Å². The van der Waals surface area contributed by atoms with Crippen LogP contribution in [0.5, 0.6) is 0 Å². The molecule has 13 nitrogen and oxygen atoms in total. The fraction of sp³-hybridized carbons (Fsp3) is 0.783. The van der Waals surface area contributed by atoms with Crippen molar-refractivity contribution in [3.8, 4) is 0 Å². The van der Waals surface area contributed by atoms with Gasteiger partial charge in [0, 0.05) is 38.9 Å². The number of ether oxygens (including phenoxy) is 5. The molecule has 0 saturated heterocycles. The summed E-state index contributed by atoms with van der Waals surface area (Å²) in [5, 5.41) is 0.